The lowest BCUT2D eigenvalue weighted by molar-refractivity contribution is 0.353. The van der Waals surface area contributed by atoms with Crippen molar-refractivity contribution in [1.82, 2.24) is 10.3 Å². The molecule has 0 amide bonds. The number of benzene rings is 2. The second-order valence-corrected chi connectivity index (χ2v) is 5.83. The number of methoxy groups -OCH3 is 2. The lowest BCUT2D eigenvalue weighted by atomic mass is 9.89. The second-order valence-electron chi connectivity index (χ2n) is 5.83. The van der Waals surface area contributed by atoms with E-state index >= 15 is 0 Å². The van der Waals surface area contributed by atoms with Gasteiger partial charge in [0, 0.05) is 23.6 Å². The van der Waals surface area contributed by atoms with Gasteiger partial charge < -0.3 is 19.8 Å². The molecule has 4 rings (SSSR count). The number of nitrogens with one attached hydrogen (secondary N) is 2. The molecular formula is C19H20N2O2. The first-order chi connectivity index (χ1) is 11.3. The zero-order chi connectivity index (χ0) is 15.8. The van der Waals surface area contributed by atoms with Crippen molar-refractivity contribution >= 4 is 10.9 Å². The Hall–Kier alpha value is -2.46. The third kappa shape index (κ3) is 2.26. The van der Waals surface area contributed by atoms with E-state index in [0.717, 1.165) is 30.0 Å². The molecule has 2 aromatic carbocycles. The summed E-state index contributed by atoms with van der Waals surface area (Å²) >= 11 is 0. The Kier molecular flexibility index (Phi) is 3.46. The van der Waals surface area contributed by atoms with Gasteiger partial charge in [0.25, 0.3) is 0 Å². The van der Waals surface area contributed by atoms with Crippen LogP contribution in [0.1, 0.15) is 22.7 Å². The largest absolute Gasteiger partial charge is 0.493 e. The minimum Gasteiger partial charge on any atom is -0.493 e. The molecular weight excluding hydrogens is 288 g/mol. The zero-order valence-electron chi connectivity index (χ0n) is 13.3. The van der Waals surface area contributed by atoms with Crippen molar-refractivity contribution in [3.63, 3.8) is 0 Å². The molecule has 1 atom stereocenters. The monoisotopic (exact) mass is 308 g/mol. The molecule has 23 heavy (non-hydrogen) atoms. The molecule has 0 fully saturated rings. The Bertz CT molecular complexity index is 854. The van der Waals surface area contributed by atoms with Crippen LogP contribution >= 0.6 is 0 Å². The van der Waals surface area contributed by atoms with Crippen LogP contribution in [0.2, 0.25) is 0 Å². The molecule has 0 bridgehead atoms. The minimum atomic E-state index is 0.162. The van der Waals surface area contributed by atoms with Crippen LogP contribution < -0.4 is 14.8 Å². The van der Waals surface area contributed by atoms with Crippen LogP contribution in [0.5, 0.6) is 11.5 Å². The van der Waals surface area contributed by atoms with Gasteiger partial charge >= 0.3 is 0 Å². The first kappa shape index (κ1) is 14.2. The number of aromatic nitrogens is 1. The van der Waals surface area contributed by atoms with Crippen molar-refractivity contribution in [2.24, 2.45) is 0 Å². The SMILES string of the molecule is COc1cc2c(cc1OC)[C@@H](c1c[nH]c3ccccc13)NCC2. The highest BCUT2D eigenvalue weighted by molar-refractivity contribution is 5.84. The highest BCUT2D eigenvalue weighted by Crippen LogP contribution is 2.39. The smallest absolute Gasteiger partial charge is 0.161 e. The molecule has 0 saturated heterocycles. The molecule has 0 unspecified atom stereocenters. The lowest BCUT2D eigenvalue weighted by Gasteiger charge is -2.28. The maximum atomic E-state index is 5.49. The van der Waals surface area contributed by atoms with Gasteiger partial charge in [0.05, 0.1) is 20.3 Å². The van der Waals surface area contributed by atoms with Gasteiger partial charge in [0.1, 0.15) is 0 Å². The van der Waals surface area contributed by atoms with Gasteiger partial charge in [-0.15, -0.1) is 0 Å². The van der Waals surface area contributed by atoms with Crippen LogP contribution in [0.4, 0.5) is 0 Å². The molecule has 118 valence electrons. The molecule has 2 N–H and O–H groups in total. The van der Waals surface area contributed by atoms with Gasteiger partial charge in [-0.05, 0) is 41.3 Å². The Morgan fingerprint density at radius 3 is 2.61 bits per heavy atom. The van der Waals surface area contributed by atoms with Crippen molar-refractivity contribution in [3.05, 3.63) is 59.3 Å². The second kappa shape index (κ2) is 5.63. The fourth-order valence-corrected chi connectivity index (χ4v) is 3.49. The van der Waals surface area contributed by atoms with Gasteiger partial charge in [-0.25, -0.2) is 0 Å². The molecule has 0 saturated carbocycles. The number of H-pyrrole nitrogens is 1. The summed E-state index contributed by atoms with van der Waals surface area (Å²) < 4.78 is 10.9. The van der Waals surface area contributed by atoms with E-state index in [0.29, 0.717) is 0 Å². The van der Waals surface area contributed by atoms with Gasteiger partial charge in [-0.1, -0.05) is 18.2 Å². The number of ether oxygens (including phenoxy) is 2. The zero-order valence-corrected chi connectivity index (χ0v) is 13.3. The van der Waals surface area contributed by atoms with Crippen molar-refractivity contribution < 1.29 is 9.47 Å². The van der Waals surface area contributed by atoms with Crippen molar-refractivity contribution in [2.45, 2.75) is 12.5 Å². The van der Waals surface area contributed by atoms with E-state index in [1.165, 1.54) is 22.1 Å². The summed E-state index contributed by atoms with van der Waals surface area (Å²) in [4.78, 5) is 3.37. The normalized spacial score (nSPS) is 17.0. The summed E-state index contributed by atoms with van der Waals surface area (Å²) in [5, 5.41) is 4.90. The van der Waals surface area contributed by atoms with Gasteiger partial charge in [-0.2, -0.15) is 0 Å². The van der Waals surface area contributed by atoms with E-state index in [2.05, 4.69) is 52.9 Å². The fourth-order valence-electron chi connectivity index (χ4n) is 3.49. The molecule has 1 aromatic heterocycles. The molecule has 0 spiro atoms. The topological polar surface area (TPSA) is 46.3 Å². The van der Waals surface area contributed by atoms with Crippen LogP contribution in [0.25, 0.3) is 10.9 Å². The highest BCUT2D eigenvalue weighted by atomic mass is 16.5. The summed E-state index contributed by atoms with van der Waals surface area (Å²) in [5.41, 5.74) is 5.01. The van der Waals surface area contributed by atoms with E-state index in [4.69, 9.17) is 9.47 Å². The summed E-state index contributed by atoms with van der Waals surface area (Å²) in [7, 11) is 3.36. The average molecular weight is 308 g/mol. The molecule has 0 radical (unpaired) electrons. The van der Waals surface area contributed by atoms with E-state index < -0.39 is 0 Å². The standard InChI is InChI=1S/C19H20N2O2/c1-22-17-9-12-7-8-20-19(14(12)10-18(17)23-2)15-11-21-16-6-4-3-5-13(15)16/h3-6,9-11,19-21H,7-8H2,1-2H3/t19-/m0/s1. The minimum absolute atomic E-state index is 0.162. The van der Waals surface area contributed by atoms with Crippen LogP contribution in [0.15, 0.2) is 42.6 Å². The van der Waals surface area contributed by atoms with Gasteiger partial charge in [-0.3, -0.25) is 0 Å². The summed E-state index contributed by atoms with van der Waals surface area (Å²) in [6.45, 7) is 0.951. The molecule has 4 nitrogen and oxygen atoms in total. The molecule has 1 aliphatic rings. The molecule has 0 aliphatic carbocycles. The number of para-hydroxylation sites is 1. The first-order valence-electron chi connectivity index (χ1n) is 7.86. The first-order valence-corrected chi connectivity index (χ1v) is 7.86. The predicted molar refractivity (Wildman–Crippen MR) is 91.4 cm³/mol. The predicted octanol–water partition coefficient (Wildman–Crippen LogP) is 3.42. The lowest BCUT2D eigenvalue weighted by Crippen LogP contribution is -2.30. The van der Waals surface area contributed by atoms with E-state index in [1.807, 2.05) is 0 Å². The van der Waals surface area contributed by atoms with Gasteiger partial charge in [0.2, 0.25) is 0 Å². The maximum Gasteiger partial charge on any atom is 0.161 e. The highest BCUT2D eigenvalue weighted by Gasteiger charge is 2.25. The summed E-state index contributed by atoms with van der Waals surface area (Å²) in [6.07, 6.45) is 3.10. The third-order valence-electron chi connectivity index (χ3n) is 4.63. The molecule has 4 heteroatoms. The van der Waals surface area contributed by atoms with Crippen LogP contribution in [0.3, 0.4) is 0 Å². The number of fused-ring (bicyclic) bond motifs is 2. The van der Waals surface area contributed by atoms with E-state index in [1.54, 1.807) is 14.2 Å². The van der Waals surface area contributed by atoms with Crippen LogP contribution in [-0.4, -0.2) is 25.7 Å². The van der Waals surface area contributed by atoms with Crippen molar-refractivity contribution in [3.8, 4) is 11.5 Å². The summed E-state index contributed by atoms with van der Waals surface area (Å²) in [6, 6.07) is 12.8. The van der Waals surface area contributed by atoms with Crippen LogP contribution in [-0.2, 0) is 6.42 Å². The Labute approximate surface area is 135 Å². The quantitative estimate of drug-likeness (QED) is 0.779. The maximum absolute atomic E-state index is 5.49. The van der Waals surface area contributed by atoms with E-state index in [-0.39, 0.29) is 6.04 Å². The van der Waals surface area contributed by atoms with Crippen molar-refractivity contribution in [1.29, 1.82) is 0 Å². The molecule has 1 aliphatic heterocycles. The number of hydrogen-bond acceptors (Lipinski definition) is 3. The van der Waals surface area contributed by atoms with Crippen molar-refractivity contribution in [2.75, 3.05) is 20.8 Å². The number of aromatic amines is 1. The number of rotatable bonds is 3. The van der Waals surface area contributed by atoms with E-state index in [9.17, 15) is 0 Å². The molecule has 3 aromatic rings. The van der Waals surface area contributed by atoms with Crippen LogP contribution in [0, 0.1) is 0 Å². The third-order valence-corrected chi connectivity index (χ3v) is 4.63. The Balaban J connectivity index is 1.87. The summed E-state index contributed by atoms with van der Waals surface area (Å²) in [5.74, 6) is 1.57. The average Bonchev–Trinajstić information content (AvgIpc) is 3.03. The number of hydrogen-bond donors (Lipinski definition) is 2. The molecule has 2 heterocycles. The Morgan fingerprint density at radius 2 is 1.78 bits per heavy atom. The van der Waals surface area contributed by atoms with Gasteiger partial charge in [0.15, 0.2) is 11.5 Å². The fraction of sp³-hybridized carbons (Fsp3) is 0.263. The Morgan fingerprint density at radius 1 is 1.00 bits per heavy atom.